The summed E-state index contributed by atoms with van der Waals surface area (Å²) >= 11 is 11.4. The van der Waals surface area contributed by atoms with Crippen molar-refractivity contribution in [2.24, 2.45) is 0 Å². The molecule has 1 aliphatic heterocycles. The van der Waals surface area contributed by atoms with Crippen LogP contribution < -0.4 is 4.48 Å². The minimum Gasteiger partial charge on any atom is -0.284 e. The third-order valence-electron chi connectivity index (χ3n) is 2.82. The van der Waals surface area contributed by atoms with Gasteiger partial charge >= 0.3 is 6.18 Å². The summed E-state index contributed by atoms with van der Waals surface area (Å²) in [6.07, 6.45) is -4.40. The summed E-state index contributed by atoms with van der Waals surface area (Å²) in [5.41, 5.74) is -0.496. The van der Waals surface area contributed by atoms with Crippen molar-refractivity contribution in [2.75, 3.05) is 20.1 Å². The molecule has 1 aromatic rings. The van der Waals surface area contributed by atoms with Gasteiger partial charge in [-0.15, -0.1) is 0 Å². The van der Waals surface area contributed by atoms with E-state index in [0.717, 1.165) is 6.07 Å². The predicted octanol–water partition coefficient (Wildman–Crippen LogP) is 3.96. The Hall–Kier alpha value is -0.450. The molecule has 0 radical (unpaired) electrons. The van der Waals surface area contributed by atoms with Crippen LogP contribution >= 0.6 is 23.2 Å². The molecule has 1 nitrogen and oxygen atoms in total. The fourth-order valence-corrected chi connectivity index (χ4v) is 1.92. The number of hydrogen-bond donors (Lipinski definition) is 0. The molecule has 2 rings (SSSR count). The van der Waals surface area contributed by atoms with Crippen molar-refractivity contribution < 1.29 is 13.2 Å². The largest absolute Gasteiger partial charge is 0.422 e. The van der Waals surface area contributed by atoms with Crippen LogP contribution in [0.1, 0.15) is 5.56 Å². The first-order valence-electron chi connectivity index (χ1n) is 4.65. The lowest BCUT2D eigenvalue weighted by Crippen LogP contribution is -2.23. The summed E-state index contributed by atoms with van der Waals surface area (Å²) in [5, 5.41) is 0.0992. The van der Waals surface area contributed by atoms with Crippen LogP contribution in [-0.2, 0) is 6.18 Å². The predicted molar refractivity (Wildman–Crippen MR) is 58.9 cm³/mol. The lowest BCUT2D eigenvalue weighted by Gasteiger charge is -2.18. The Morgan fingerprint density at radius 1 is 1.12 bits per heavy atom. The molecule has 1 aliphatic rings. The minimum atomic E-state index is -4.40. The first-order chi connectivity index (χ1) is 7.24. The fraction of sp³-hybridized carbons (Fsp3) is 0.400. The van der Waals surface area contributed by atoms with Crippen LogP contribution in [0, 0.1) is 0 Å². The van der Waals surface area contributed by atoms with Gasteiger partial charge in [0.2, 0.25) is 0 Å². The second-order valence-electron chi connectivity index (χ2n) is 4.12. The molecule has 1 fully saturated rings. The van der Waals surface area contributed by atoms with Crippen molar-refractivity contribution >= 4 is 28.9 Å². The van der Waals surface area contributed by atoms with Gasteiger partial charge in [0.05, 0.1) is 17.1 Å². The fourth-order valence-electron chi connectivity index (χ4n) is 1.60. The molecule has 1 heterocycles. The highest BCUT2D eigenvalue weighted by Gasteiger charge is 2.47. The summed E-state index contributed by atoms with van der Waals surface area (Å²) in [5.74, 6) is 0. The lowest BCUT2D eigenvalue weighted by molar-refractivity contribution is -0.137. The van der Waals surface area contributed by atoms with E-state index in [-0.39, 0.29) is 20.2 Å². The molecular formula is C10H9Cl2F3N+. The SMILES string of the molecule is C[N+]1(c2cc(Cl)c(Cl)cc2C(F)(F)F)CC1. The zero-order valence-electron chi connectivity index (χ0n) is 8.41. The van der Waals surface area contributed by atoms with Gasteiger partial charge < -0.3 is 0 Å². The number of rotatable bonds is 1. The van der Waals surface area contributed by atoms with Crippen molar-refractivity contribution in [3.8, 4) is 0 Å². The molecule has 0 aliphatic carbocycles. The zero-order chi connectivity index (χ0) is 12.1. The van der Waals surface area contributed by atoms with Gasteiger partial charge in [-0.25, -0.2) is 0 Å². The van der Waals surface area contributed by atoms with Crippen molar-refractivity contribution in [1.82, 2.24) is 4.48 Å². The molecule has 1 saturated heterocycles. The monoisotopic (exact) mass is 270 g/mol. The topological polar surface area (TPSA) is 0 Å². The second-order valence-corrected chi connectivity index (χ2v) is 4.94. The Morgan fingerprint density at radius 3 is 2.06 bits per heavy atom. The van der Waals surface area contributed by atoms with E-state index in [1.165, 1.54) is 6.07 Å². The van der Waals surface area contributed by atoms with Crippen molar-refractivity contribution in [2.45, 2.75) is 6.18 Å². The van der Waals surface area contributed by atoms with E-state index in [1.54, 1.807) is 7.05 Å². The molecule has 0 bridgehead atoms. The Bertz CT molecular complexity index is 408. The summed E-state index contributed by atoms with van der Waals surface area (Å²) in [6, 6.07) is 2.22. The van der Waals surface area contributed by atoms with Gasteiger partial charge in [-0.2, -0.15) is 13.2 Å². The average molecular weight is 271 g/mol. The van der Waals surface area contributed by atoms with Crippen LogP contribution in [0.3, 0.4) is 0 Å². The Balaban J connectivity index is 2.62. The van der Waals surface area contributed by atoms with E-state index in [0.29, 0.717) is 13.1 Å². The quantitative estimate of drug-likeness (QED) is 0.535. The second kappa shape index (κ2) is 3.52. The molecule has 0 unspecified atom stereocenters. The van der Waals surface area contributed by atoms with Gasteiger partial charge in [0.1, 0.15) is 24.3 Å². The van der Waals surface area contributed by atoms with Crippen LogP contribution in [-0.4, -0.2) is 20.1 Å². The van der Waals surface area contributed by atoms with E-state index in [1.807, 2.05) is 0 Å². The van der Waals surface area contributed by atoms with E-state index in [2.05, 4.69) is 0 Å². The van der Waals surface area contributed by atoms with Gasteiger partial charge in [0.25, 0.3) is 0 Å². The van der Waals surface area contributed by atoms with E-state index in [9.17, 15) is 13.2 Å². The molecule has 1 aromatic carbocycles. The first-order valence-corrected chi connectivity index (χ1v) is 5.41. The molecule has 0 spiro atoms. The summed E-state index contributed by atoms with van der Waals surface area (Å²) in [4.78, 5) is 0. The maximum Gasteiger partial charge on any atom is 0.422 e. The molecule has 0 aromatic heterocycles. The molecule has 88 valence electrons. The number of hydrogen-bond acceptors (Lipinski definition) is 0. The number of quaternary nitrogens is 1. The van der Waals surface area contributed by atoms with E-state index < -0.39 is 11.7 Å². The molecule has 6 heteroatoms. The Morgan fingerprint density at radius 2 is 1.62 bits per heavy atom. The Labute approximate surface area is 101 Å². The summed E-state index contributed by atoms with van der Waals surface area (Å²) in [6.45, 7) is 1.39. The standard InChI is InChI=1S/C10H9Cl2F3N/c1-16(2-3-16)9-5-8(12)7(11)4-6(9)10(13,14)15/h4-5H,2-3H2,1H3/q+1. The molecule has 0 atom stereocenters. The van der Waals surface area contributed by atoms with Gasteiger partial charge in [0.15, 0.2) is 0 Å². The highest BCUT2D eigenvalue weighted by molar-refractivity contribution is 6.42. The van der Waals surface area contributed by atoms with Crippen LogP contribution in [0.15, 0.2) is 12.1 Å². The van der Waals surface area contributed by atoms with Crippen LogP contribution in [0.5, 0.6) is 0 Å². The number of alkyl halides is 3. The molecule has 0 amide bonds. The number of nitrogens with zero attached hydrogens (tertiary/aromatic N) is 1. The van der Waals surface area contributed by atoms with Gasteiger partial charge in [-0.05, 0) is 6.07 Å². The van der Waals surface area contributed by atoms with E-state index >= 15 is 0 Å². The van der Waals surface area contributed by atoms with Gasteiger partial charge in [0, 0.05) is 6.07 Å². The molecule has 0 saturated carbocycles. The van der Waals surface area contributed by atoms with Crippen molar-refractivity contribution in [3.63, 3.8) is 0 Å². The van der Waals surface area contributed by atoms with Crippen LogP contribution in [0.2, 0.25) is 10.0 Å². The highest BCUT2D eigenvalue weighted by Crippen LogP contribution is 2.45. The van der Waals surface area contributed by atoms with Crippen LogP contribution in [0.4, 0.5) is 18.9 Å². The van der Waals surface area contributed by atoms with Crippen molar-refractivity contribution in [1.29, 1.82) is 0 Å². The third kappa shape index (κ3) is 2.01. The lowest BCUT2D eigenvalue weighted by atomic mass is 10.1. The van der Waals surface area contributed by atoms with Gasteiger partial charge in [-0.3, -0.25) is 4.48 Å². The number of likely N-dealkylation sites (N-methyl/N-ethyl adjacent to an activating group) is 1. The maximum atomic E-state index is 12.8. The third-order valence-corrected chi connectivity index (χ3v) is 3.54. The normalized spacial score (nSPS) is 18.6. The number of halogens is 5. The molecule has 0 N–H and O–H groups in total. The molecular weight excluding hydrogens is 262 g/mol. The summed E-state index contributed by atoms with van der Waals surface area (Å²) < 4.78 is 38.7. The maximum absolute atomic E-state index is 12.8. The molecule has 16 heavy (non-hydrogen) atoms. The van der Waals surface area contributed by atoms with Gasteiger partial charge in [-0.1, -0.05) is 23.2 Å². The first kappa shape index (κ1) is 12.0. The van der Waals surface area contributed by atoms with E-state index in [4.69, 9.17) is 23.2 Å². The average Bonchev–Trinajstić information content (AvgIpc) is 2.87. The van der Waals surface area contributed by atoms with Crippen LogP contribution in [0.25, 0.3) is 0 Å². The smallest absolute Gasteiger partial charge is 0.284 e. The highest BCUT2D eigenvalue weighted by atomic mass is 35.5. The zero-order valence-corrected chi connectivity index (χ0v) is 9.92. The minimum absolute atomic E-state index is 0.0637. The number of benzene rings is 1. The Kier molecular flexibility index (Phi) is 2.64. The summed E-state index contributed by atoms with van der Waals surface area (Å²) in [7, 11) is 1.74. The van der Waals surface area contributed by atoms with Crippen molar-refractivity contribution in [3.05, 3.63) is 27.7 Å².